The monoisotopic (exact) mass is 206 g/mol. The molecule has 0 fully saturated rings. The van der Waals surface area contributed by atoms with Gasteiger partial charge in [0.05, 0.1) is 11.5 Å². The second-order valence-corrected chi connectivity index (χ2v) is 3.22. The maximum absolute atomic E-state index is 10.6. The standard InChI is InChI=1S/C10H10N2O3/c13-12(14)8-4-5-11-9(7-8)10-3-1-2-6-15-10/h3-5,7H,1-2,6H2. The molecule has 1 aromatic rings. The Morgan fingerprint density at radius 2 is 2.40 bits per heavy atom. The van der Waals surface area contributed by atoms with Gasteiger partial charge in [-0.05, 0) is 18.9 Å². The Labute approximate surface area is 86.5 Å². The first kappa shape index (κ1) is 9.64. The van der Waals surface area contributed by atoms with Gasteiger partial charge in [0.2, 0.25) is 0 Å². The molecule has 0 aromatic carbocycles. The zero-order chi connectivity index (χ0) is 10.7. The molecule has 15 heavy (non-hydrogen) atoms. The molecule has 0 amide bonds. The minimum atomic E-state index is -0.436. The van der Waals surface area contributed by atoms with Gasteiger partial charge in [-0.15, -0.1) is 0 Å². The Hall–Kier alpha value is -1.91. The van der Waals surface area contributed by atoms with Crippen molar-refractivity contribution in [3.63, 3.8) is 0 Å². The molecule has 0 spiro atoms. The molecular weight excluding hydrogens is 196 g/mol. The molecule has 0 saturated heterocycles. The number of nitro groups is 1. The number of ether oxygens (including phenoxy) is 1. The van der Waals surface area contributed by atoms with E-state index in [1.165, 1.54) is 18.3 Å². The van der Waals surface area contributed by atoms with E-state index in [-0.39, 0.29) is 5.69 Å². The van der Waals surface area contributed by atoms with E-state index in [9.17, 15) is 10.1 Å². The van der Waals surface area contributed by atoms with Crippen molar-refractivity contribution in [2.45, 2.75) is 12.8 Å². The van der Waals surface area contributed by atoms with Crippen LogP contribution < -0.4 is 0 Å². The highest BCUT2D eigenvalue weighted by Crippen LogP contribution is 2.22. The quantitative estimate of drug-likeness (QED) is 0.549. The van der Waals surface area contributed by atoms with Crippen LogP contribution in [0.5, 0.6) is 0 Å². The van der Waals surface area contributed by atoms with Gasteiger partial charge in [0.25, 0.3) is 5.69 Å². The first-order valence-electron chi connectivity index (χ1n) is 4.71. The van der Waals surface area contributed by atoms with Crippen molar-refractivity contribution in [3.8, 4) is 0 Å². The fourth-order valence-corrected chi connectivity index (χ4v) is 1.40. The largest absolute Gasteiger partial charge is 0.492 e. The lowest BCUT2D eigenvalue weighted by molar-refractivity contribution is -0.385. The van der Waals surface area contributed by atoms with Crippen LogP contribution in [0.3, 0.4) is 0 Å². The lowest BCUT2D eigenvalue weighted by atomic mass is 10.2. The summed E-state index contributed by atoms with van der Waals surface area (Å²) >= 11 is 0. The molecule has 0 bridgehead atoms. The lowest BCUT2D eigenvalue weighted by Crippen LogP contribution is -2.02. The summed E-state index contributed by atoms with van der Waals surface area (Å²) in [5, 5.41) is 10.6. The Kier molecular flexibility index (Phi) is 2.62. The predicted molar refractivity (Wildman–Crippen MR) is 54.1 cm³/mol. The van der Waals surface area contributed by atoms with E-state index >= 15 is 0 Å². The van der Waals surface area contributed by atoms with E-state index in [0.29, 0.717) is 18.1 Å². The fourth-order valence-electron chi connectivity index (χ4n) is 1.40. The molecule has 5 heteroatoms. The normalized spacial score (nSPS) is 15.3. The van der Waals surface area contributed by atoms with Crippen molar-refractivity contribution >= 4 is 11.4 Å². The average molecular weight is 206 g/mol. The smallest absolute Gasteiger partial charge is 0.273 e. The third-order valence-corrected chi connectivity index (χ3v) is 2.14. The molecule has 0 radical (unpaired) electrons. The summed E-state index contributed by atoms with van der Waals surface area (Å²) in [6.07, 6.45) is 5.25. The molecule has 1 aliphatic heterocycles. The molecule has 5 nitrogen and oxygen atoms in total. The van der Waals surface area contributed by atoms with Crippen molar-refractivity contribution in [1.82, 2.24) is 4.98 Å². The Morgan fingerprint density at radius 3 is 3.07 bits per heavy atom. The molecule has 0 N–H and O–H groups in total. The van der Waals surface area contributed by atoms with Gasteiger partial charge < -0.3 is 4.74 Å². The number of aromatic nitrogens is 1. The molecule has 0 unspecified atom stereocenters. The lowest BCUT2D eigenvalue weighted by Gasteiger charge is -2.13. The van der Waals surface area contributed by atoms with Gasteiger partial charge in [0.1, 0.15) is 11.5 Å². The van der Waals surface area contributed by atoms with E-state index in [4.69, 9.17) is 4.74 Å². The second-order valence-electron chi connectivity index (χ2n) is 3.22. The molecule has 0 saturated carbocycles. The second kappa shape index (κ2) is 4.08. The zero-order valence-electron chi connectivity index (χ0n) is 8.05. The van der Waals surface area contributed by atoms with E-state index in [0.717, 1.165) is 12.8 Å². The van der Waals surface area contributed by atoms with Crippen molar-refractivity contribution in [1.29, 1.82) is 0 Å². The zero-order valence-corrected chi connectivity index (χ0v) is 8.05. The number of rotatable bonds is 2. The number of pyridine rings is 1. The maximum atomic E-state index is 10.6. The van der Waals surface area contributed by atoms with Crippen LogP contribution in [0.15, 0.2) is 24.4 Å². The fraction of sp³-hybridized carbons (Fsp3) is 0.300. The molecule has 0 aliphatic carbocycles. The molecular formula is C10H10N2O3. The minimum absolute atomic E-state index is 0.0371. The predicted octanol–water partition coefficient (Wildman–Crippen LogP) is 2.14. The summed E-state index contributed by atoms with van der Waals surface area (Å²) in [6.45, 7) is 0.649. The van der Waals surface area contributed by atoms with E-state index in [1.807, 2.05) is 6.08 Å². The number of nitrogens with zero attached hydrogens (tertiary/aromatic N) is 2. The third kappa shape index (κ3) is 2.12. The Bertz CT molecular complexity index is 415. The van der Waals surface area contributed by atoms with Crippen LogP contribution in [-0.4, -0.2) is 16.5 Å². The Morgan fingerprint density at radius 1 is 1.53 bits per heavy atom. The van der Waals surface area contributed by atoms with Crippen LogP contribution in [0, 0.1) is 10.1 Å². The SMILES string of the molecule is O=[N+]([O-])c1ccnc(C2=CCCCO2)c1. The first-order chi connectivity index (χ1) is 7.27. The highest BCUT2D eigenvalue weighted by Gasteiger charge is 2.12. The summed E-state index contributed by atoms with van der Waals surface area (Å²) in [6, 6.07) is 2.80. The minimum Gasteiger partial charge on any atom is -0.492 e. The van der Waals surface area contributed by atoms with E-state index < -0.39 is 4.92 Å². The molecule has 1 aliphatic rings. The number of allylic oxidation sites excluding steroid dienone is 1. The van der Waals surface area contributed by atoms with E-state index in [2.05, 4.69) is 4.98 Å². The number of hydrogen-bond acceptors (Lipinski definition) is 4. The van der Waals surface area contributed by atoms with Crippen LogP contribution in [0.25, 0.3) is 5.76 Å². The molecule has 0 atom stereocenters. The van der Waals surface area contributed by atoms with E-state index in [1.54, 1.807) is 0 Å². The van der Waals surface area contributed by atoms with Gasteiger partial charge in [-0.1, -0.05) is 0 Å². The summed E-state index contributed by atoms with van der Waals surface area (Å²) in [5.74, 6) is 0.643. The van der Waals surface area contributed by atoms with Gasteiger partial charge in [-0.3, -0.25) is 15.1 Å². The molecule has 2 heterocycles. The number of hydrogen-bond donors (Lipinski definition) is 0. The van der Waals surface area contributed by atoms with Crippen molar-refractivity contribution in [2.24, 2.45) is 0 Å². The van der Waals surface area contributed by atoms with Crippen LogP contribution in [0.1, 0.15) is 18.5 Å². The van der Waals surface area contributed by atoms with Gasteiger partial charge in [0.15, 0.2) is 0 Å². The Balaban J connectivity index is 2.31. The van der Waals surface area contributed by atoms with Crippen molar-refractivity contribution < 1.29 is 9.66 Å². The van der Waals surface area contributed by atoms with Gasteiger partial charge in [-0.2, -0.15) is 0 Å². The van der Waals surface area contributed by atoms with Gasteiger partial charge in [0, 0.05) is 18.3 Å². The topological polar surface area (TPSA) is 65.3 Å². The van der Waals surface area contributed by atoms with Gasteiger partial charge >= 0.3 is 0 Å². The van der Waals surface area contributed by atoms with Crippen LogP contribution in [0.2, 0.25) is 0 Å². The summed E-state index contributed by atoms with van der Waals surface area (Å²) in [4.78, 5) is 14.2. The van der Waals surface area contributed by atoms with Crippen molar-refractivity contribution in [3.05, 3.63) is 40.2 Å². The molecule has 78 valence electrons. The highest BCUT2D eigenvalue weighted by molar-refractivity contribution is 5.58. The first-order valence-corrected chi connectivity index (χ1v) is 4.71. The van der Waals surface area contributed by atoms with Crippen LogP contribution in [0.4, 0.5) is 5.69 Å². The van der Waals surface area contributed by atoms with Gasteiger partial charge in [-0.25, -0.2) is 0 Å². The van der Waals surface area contributed by atoms with Crippen molar-refractivity contribution in [2.75, 3.05) is 6.61 Å². The average Bonchev–Trinajstić information content (AvgIpc) is 2.30. The summed E-state index contributed by atoms with van der Waals surface area (Å²) < 4.78 is 5.37. The maximum Gasteiger partial charge on any atom is 0.273 e. The highest BCUT2D eigenvalue weighted by atomic mass is 16.6. The van der Waals surface area contributed by atoms with Crippen LogP contribution in [-0.2, 0) is 4.74 Å². The molecule has 1 aromatic heterocycles. The summed E-state index contributed by atoms with van der Waals surface area (Å²) in [7, 11) is 0. The molecule has 2 rings (SSSR count). The van der Waals surface area contributed by atoms with Crippen LogP contribution >= 0.6 is 0 Å². The summed E-state index contributed by atoms with van der Waals surface area (Å²) in [5.41, 5.74) is 0.568. The third-order valence-electron chi connectivity index (χ3n) is 2.14.